The lowest BCUT2D eigenvalue weighted by Gasteiger charge is -2.36. The molecule has 2 atom stereocenters. The van der Waals surface area contributed by atoms with Gasteiger partial charge < -0.3 is 10.6 Å². The largest absolute Gasteiger partial charge is 0.370 e. The summed E-state index contributed by atoms with van der Waals surface area (Å²) < 4.78 is 0. The van der Waals surface area contributed by atoms with Gasteiger partial charge in [0.05, 0.1) is 0 Å². The van der Waals surface area contributed by atoms with Crippen LogP contribution in [-0.4, -0.2) is 19.1 Å². The molecule has 72 valence electrons. The maximum absolute atomic E-state index is 5.97. The van der Waals surface area contributed by atoms with E-state index in [1.807, 2.05) is 0 Å². The minimum absolute atomic E-state index is 0.398. The monoisotopic (exact) mass is 196 g/mol. The average molecular weight is 196 g/mol. The van der Waals surface area contributed by atoms with Gasteiger partial charge in [-0.2, -0.15) is 11.3 Å². The van der Waals surface area contributed by atoms with Gasteiger partial charge in [0.2, 0.25) is 0 Å². The standard InChI is InChI=1S/C10H16N2S/c1-8-6-12(4-2-10(8)11)9-3-5-13-7-9/h3,5,7-8,10H,2,4,6,11H2,1H3. The molecule has 2 N–H and O–H groups in total. The van der Waals surface area contributed by atoms with Gasteiger partial charge in [-0.15, -0.1) is 0 Å². The van der Waals surface area contributed by atoms with Gasteiger partial charge in [-0.05, 0) is 23.8 Å². The first kappa shape index (κ1) is 9.03. The molecular weight excluding hydrogens is 180 g/mol. The zero-order valence-corrected chi connectivity index (χ0v) is 8.76. The molecule has 2 unspecified atom stereocenters. The number of nitrogens with two attached hydrogens (primary N) is 1. The molecule has 1 fully saturated rings. The Kier molecular flexibility index (Phi) is 2.56. The van der Waals surface area contributed by atoms with Crippen LogP contribution < -0.4 is 10.6 Å². The maximum atomic E-state index is 5.97. The number of thiophene rings is 1. The van der Waals surface area contributed by atoms with Crippen LogP contribution in [0.2, 0.25) is 0 Å². The molecule has 2 rings (SSSR count). The summed E-state index contributed by atoms with van der Waals surface area (Å²) in [5.74, 6) is 0.619. The number of rotatable bonds is 1. The third-order valence-electron chi connectivity index (χ3n) is 2.84. The summed E-state index contributed by atoms with van der Waals surface area (Å²) in [7, 11) is 0. The van der Waals surface area contributed by atoms with Crippen LogP contribution >= 0.6 is 11.3 Å². The molecule has 2 nitrogen and oxygen atoms in total. The zero-order chi connectivity index (χ0) is 9.26. The highest BCUT2D eigenvalue weighted by molar-refractivity contribution is 7.08. The van der Waals surface area contributed by atoms with E-state index in [-0.39, 0.29) is 0 Å². The van der Waals surface area contributed by atoms with E-state index in [1.165, 1.54) is 5.69 Å². The molecule has 2 heterocycles. The Balaban J connectivity index is 2.03. The molecule has 0 spiro atoms. The first-order chi connectivity index (χ1) is 6.27. The average Bonchev–Trinajstić information content (AvgIpc) is 2.62. The van der Waals surface area contributed by atoms with Gasteiger partial charge >= 0.3 is 0 Å². The van der Waals surface area contributed by atoms with E-state index in [0.29, 0.717) is 12.0 Å². The van der Waals surface area contributed by atoms with Crippen LogP contribution in [0.1, 0.15) is 13.3 Å². The predicted molar refractivity (Wildman–Crippen MR) is 58.3 cm³/mol. The van der Waals surface area contributed by atoms with Crippen molar-refractivity contribution in [2.75, 3.05) is 18.0 Å². The Labute approximate surface area is 83.4 Å². The van der Waals surface area contributed by atoms with E-state index >= 15 is 0 Å². The van der Waals surface area contributed by atoms with Crippen LogP contribution in [0.4, 0.5) is 5.69 Å². The van der Waals surface area contributed by atoms with Crippen LogP contribution in [0.25, 0.3) is 0 Å². The summed E-state index contributed by atoms with van der Waals surface area (Å²) >= 11 is 1.76. The van der Waals surface area contributed by atoms with Gasteiger partial charge in [0.15, 0.2) is 0 Å². The SMILES string of the molecule is CC1CN(c2ccsc2)CCC1N. The van der Waals surface area contributed by atoms with E-state index < -0.39 is 0 Å². The van der Waals surface area contributed by atoms with E-state index in [1.54, 1.807) is 11.3 Å². The van der Waals surface area contributed by atoms with Gasteiger partial charge in [0, 0.05) is 30.2 Å². The summed E-state index contributed by atoms with van der Waals surface area (Å²) in [5.41, 5.74) is 7.33. The zero-order valence-electron chi connectivity index (χ0n) is 7.94. The number of hydrogen-bond acceptors (Lipinski definition) is 3. The topological polar surface area (TPSA) is 29.3 Å². The molecule has 13 heavy (non-hydrogen) atoms. The highest BCUT2D eigenvalue weighted by Gasteiger charge is 2.23. The van der Waals surface area contributed by atoms with Gasteiger partial charge in [-0.3, -0.25) is 0 Å². The lowest BCUT2D eigenvalue weighted by atomic mass is 9.95. The number of anilines is 1. The Bertz CT molecular complexity index is 258. The Morgan fingerprint density at radius 3 is 3.08 bits per heavy atom. The smallest absolute Gasteiger partial charge is 0.0474 e. The molecule has 1 aromatic heterocycles. The van der Waals surface area contributed by atoms with Crippen molar-refractivity contribution in [3.63, 3.8) is 0 Å². The number of nitrogens with zero attached hydrogens (tertiary/aromatic N) is 1. The highest BCUT2D eigenvalue weighted by atomic mass is 32.1. The van der Waals surface area contributed by atoms with Crippen LogP contribution in [-0.2, 0) is 0 Å². The van der Waals surface area contributed by atoms with Gasteiger partial charge in [0.1, 0.15) is 0 Å². The minimum Gasteiger partial charge on any atom is -0.370 e. The van der Waals surface area contributed by atoms with E-state index in [9.17, 15) is 0 Å². The third kappa shape index (κ3) is 1.86. The molecule has 0 amide bonds. The lowest BCUT2D eigenvalue weighted by Crippen LogP contribution is -2.45. The second-order valence-corrected chi connectivity index (χ2v) is 4.64. The quantitative estimate of drug-likeness (QED) is 0.743. The van der Waals surface area contributed by atoms with Crippen molar-refractivity contribution in [3.8, 4) is 0 Å². The Hall–Kier alpha value is -0.540. The van der Waals surface area contributed by atoms with Crippen LogP contribution in [0, 0.1) is 5.92 Å². The molecule has 1 aliphatic rings. The molecule has 0 radical (unpaired) electrons. The van der Waals surface area contributed by atoms with Gasteiger partial charge in [-0.1, -0.05) is 6.92 Å². The van der Waals surface area contributed by atoms with Gasteiger partial charge in [0.25, 0.3) is 0 Å². The van der Waals surface area contributed by atoms with Crippen molar-refractivity contribution < 1.29 is 0 Å². The summed E-state index contributed by atoms with van der Waals surface area (Å²) in [6.45, 7) is 4.46. The summed E-state index contributed by atoms with van der Waals surface area (Å²) in [6, 6.07) is 2.59. The van der Waals surface area contributed by atoms with Crippen molar-refractivity contribution in [1.82, 2.24) is 0 Å². The predicted octanol–water partition coefficient (Wildman–Crippen LogP) is 1.92. The fourth-order valence-corrected chi connectivity index (χ4v) is 2.50. The van der Waals surface area contributed by atoms with Crippen molar-refractivity contribution >= 4 is 17.0 Å². The fraction of sp³-hybridized carbons (Fsp3) is 0.600. The summed E-state index contributed by atoms with van der Waals surface area (Å²) in [6.07, 6.45) is 1.12. The molecule has 3 heteroatoms. The summed E-state index contributed by atoms with van der Waals surface area (Å²) in [5, 5.41) is 4.35. The van der Waals surface area contributed by atoms with Crippen LogP contribution in [0.3, 0.4) is 0 Å². The van der Waals surface area contributed by atoms with Crippen molar-refractivity contribution in [2.24, 2.45) is 11.7 Å². The third-order valence-corrected chi connectivity index (χ3v) is 3.51. The van der Waals surface area contributed by atoms with Crippen molar-refractivity contribution in [3.05, 3.63) is 16.8 Å². The Morgan fingerprint density at radius 2 is 2.46 bits per heavy atom. The Morgan fingerprint density at radius 1 is 1.62 bits per heavy atom. The summed E-state index contributed by atoms with van der Waals surface area (Å²) in [4.78, 5) is 2.44. The molecule has 1 aromatic rings. The minimum atomic E-state index is 0.398. The van der Waals surface area contributed by atoms with Crippen LogP contribution in [0.15, 0.2) is 16.8 Å². The molecule has 0 aliphatic carbocycles. The maximum Gasteiger partial charge on any atom is 0.0474 e. The van der Waals surface area contributed by atoms with E-state index in [2.05, 4.69) is 28.7 Å². The second kappa shape index (κ2) is 3.68. The molecule has 1 aliphatic heterocycles. The normalized spacial score (nSPS) is 29.2. The second-order valence-electron chi connectivity index (χ2n) is 3.86. The first-order valence-corrected chi connectivity index (χ1v) is 5.74. The number of hydrogen-bond donors (Lipinski definition) is 1. The number of piperidine rings is 1. The van der Waals surface area contributed by atoms with Crippen molar-refractivity contribution in [1.29, 1.82) is 0 Å². The fourth-order valence-electron chi connectivity index (χ4n) is 1.84. The van der Waals surface area contributed by atoms with E-state index in [0.717, 1.165) is 19.5 Å². The van der Waals surface area contributed by atoms with Gasteiger partial charge in [-0.25, -0.2) is 0 Å². The lowest BCUT2D eigenvalue weighted by molar-refractivity contribution is 0.383. The molecular formula is C10H16N2S. The highest BCUT2D eigenvalue weighted by Crippen LogP contribution is 2.24. The molecule has 0 saturated carbocycles. The molecule has 1 saturated heterocycles. The van der Waals surface area contributed by atoms with Crippen LogP contribution in [0.5, 0.6) is 0 Å². The van der Waals surface area contributed by atoms with Crippen molar-refractivity contribution in [2.45, 2.75) is 19.4 Å². The first-order valence-electron chi connectivity index (χ1n) is 4.80. The molecule has 0 aromatic carbocycles. The molecule has 0 bridgehead atoms. The van der Waals surface area contributed by atoms with E-state index in [4.69, 9.17) is 5.73 Å².